The molecule has 0 spiro atoms. The standard InChI is InChI=1S/C30H32N2O5.ClH/c1-21-28(34)24-11-8-14-27(30(24)37-29(21)22-9-4-3-5-10-22)36-20-23(33)19-31-15-17-32(18-16-31)25-12-6-7-13-26(25)35-2;/h3-14,23,33H,15-20H2,1-2H3;1H. The van der Waals surface area contributed by atoms with Gasteiger partial charge in [0.2, 0.25) is 0 Å². The zero-order valence-electron chi connectivity index (χ0n) is 21.6. The van der Waals surface area contributed by atoms with Crippen LogP contribution in [0.25, 0.3) is 22.3 Å². The van der Waals surface area contributed by atoms with Crippen LogP contribution < -0.4 is 19.8 Å². The molecule has 3 aromatic carbocycles. The molecule has 5 rings (SSSR count). The van der Waals surface area contributed by atoms with Crippen molar-refractivity contribution in [2.75, 3.05) is 51.3 Å². The SMILES string of the molecule is COc1ccccc1N1CCN(CC(O)COc2cccc3c(=O)c(C)c(-c4ccccc4)oc23)CC1.Cl. The van der Waals surface area contributed by atoms with Gasteiger partial charge < -0.3 is 23.9 Å². The number of para-hydroxylation sites is 3. The lowest BCUT2D eigenvalue weighted by Gasteiger charge is -2.37. The molecule has 1 aliphatic heterocycles. The van der Waals surface area contributed by atoms with Gasteiger partial charge in [0.25, 0.3) is 0 Å². The van der Waals surface area contributed by atoms with Crippen LogP contribution in [0.5, 0.6) is 11.5 Å². The highest BCUT2D eigenvalue weighted by Gasteiger charge is 2.22. The van der Waals surface area contributed by atoms with E-state index >= 15 is 0 Å². The van der Waals surface area contributed by atoms with E-state index in [0.29, 0.717) is 34.6 Å². The number of ether oxygens (including phenoxy) is 2. The van der Waals surface area contributed by atoms with E-state index in [1.807, 2.05) is 48.5 Å². The molecule has 1 N–H and O–H groups in total. The number of anilines is 1. The van der Waals surface area contributed by atoms with Gasteiger partial charge in [0.05, 0.1) is 18.2 Å². The van der Waals surface area contributed by atoms with Gasteiger partial charge in [0, 0.05) is 43.9 Å². The topological polar surface area (TPSA) is 75.4 Å². The maximum Gasteiger partial charge on any atom is 0.196 e. The Bertz CT molecular complexity index is 1420. The van der Waals surface area contributed by atoms with E-state index in [1.54, 1.807) is 32.2 Å². The van der Waals surface area contributed by atoms with Crippen LogP contribution in [0, 0.1) is 6.92 Å². The van der Waals surface area contributed by atoms with Crippen molar-refractivity contribution in [1.29, 1.82) is 0 Å². The van der Waals surface area contributed by atoms with Crippen LogP contribution in [0.4, 0.5) is 5.69 Å². The highest BCUT2D eigenvalue weighted by atomic mass is 35.5. The Kier molecular flexibility index (Phi) is 8.94. The quantitative estimate of drug-likeness (QED) is 0.348. The number of halogens is 1. The highest BCUT2D eigenvalue weighted by Crippen LogP contribution is 2.31. The number of β-amino-alcohol motifs (C(OH)–C–C–N with tert-alkyl or cyclic N) is 1. The Morgan fingerprint density at radius 2 is 1.61 bits per heavy atom. The van der Waals surface area contributed by atoms with Crippen LogP contribution in [-0.4, -0.2) is 62.6 Å². The molecule has 0 bridgehead atoms. The molecule has 1 fully saturated rings. The van der Waals surface area contributed by atoms with Crippen LogP contribution in [-0.2, 0) is 0 Å². The predicted octanol–water partition coefficient (Wildman–Crippen LogP) is 4.76. The number of hydrogen-bond acceptors (Lipinski definition) is 7. The summed E-state index contributed by atoms with van der Waals surface area (Å²) in [6, 6.07) is 22.9. The second kappa shape index (κ2) is 12.3. The average molecular weight is 537 g/mol. The molecule has 4 aromatic rings. The number of hydrogen-bond donors (Lipinski definition) is 1. The number of rotatable bonds is 8. The van der Waals surface area contributed by atoms with Crippen LogP contribution in [0.2, 0.25) is 0 Å². The molecule has 8 heteroatoms. The van der Waals surface area contributed by atoms with Crippen molar-refractivity contribution in [2.45, 2.75) is 13.0 Å². The Morgan fingerprint density at radius 1 is 0.921 bits per heavy atom. The maximum atomic E-state index is 13.1. The van der Waals surface area contributed by atoms with E-state index in [0.717, 1.165) is 43.2 Å². The second-order valence-corrected chi connectivity index (χ2v) is 9.31. The van der Waals surface area contributed by atoms with Gasteiger partial charge >= 0.3 is 0 Å². The Hall–Kier alpha value is -3.52. The lowest BCUT2D eigenvalue weighted by molar-refractivity contribution is 0.0664. The molecular formula is C30H33ClN2O5. The van der Waals surface area contributed by atoms with E-state index in [2.05, 4.69) is 15.9 Å². The first-order chi connectivity index (χ1) is 18.0. The number of fused-ring (bicyclic) bond motifs is 1. The number of nitrogens with zero attached hydrogens (tertiary/aromatic N) is 2. The molecular weight excluding hydrogens is 504 g/mol. The summed E-state index contributed by atoms with van der Waals surface area (Å²) in [5.74, 6) is 1.85. The minimum absolute atomic E-state index is 0. The van der Waals surface area contributed by atoms with Crippen molar-refractivity contribution in [2.24, 2.45) is 0 Å². The Labute approximate surface area is 228 Å². The molecule has 38 heavy (non-hydrogen) atoms. The summed E-state index contributed by atoms with van der Waals surface area (Å²) in [5.41, 5.74) is 2.80. The van der Waals surface area contributed by atoms with Gasteiger partial charge in [-0.05, 0) is 31.2 Å². The summed E-state index contributed by atoms with van der Waals surface area (Å²) in [7, 11) is 1.69. The fourth-order valence-electron chi connectivity index (χ4n) is 4.86. The minimum Gasteiger partial charge on any atom is -0.495 e. The van der Waals surface area contributed by atoms with E-state index in [-0.39, 0.29) is 24.4 Å². The molecule has 0 aliphatic carbocycles. The Balaban J connectivity index is 0.00000336. The first-order valence-corrected chi connectivity index (χ1v) is 12.6. The number of benzene rings is 3. The summed E-state index contributed by atoms with van der Waals surface area (Å²) in [4.78, 5) is 17.6. The van der Waals surface area contributed by atoms with Gasteiger partial charge in [-0.15, -0.1) is 12.4 Å². The zero-order chi connectivity index (χ0) is 25.8. The largest absolute Gasteiger partial charge is 0.495 e. The average Bonchev–Trinajstić information content (AvgIpc) is 2.94. The van der Waals surface area contributed by atoms with E-state index in [1.165, 1.54) is 0 Å². The highest BCUT2D eigenvalue weighted by molar-refractivity contribution is 5.85. The first kappa shape index (κ1) is 27.5. The molecule has 0 saturated carbocycles. The molecule has 2 heterocycles. The molecule has 1 aromatic heterocycles. The van der Waals surface area contributed by atoms with Crippen molar-refractivity contribution < 1.29 is 19.0 Å². The summed E-state index contributed by atoms with van der Waals surface area (Å²) in [5, 5.41) is 11.2. The van der Waals surface area contributed by atoms with Crippen molar-refractivity contribution in [3.63, 3.8) is 0 Å². The minimum atomic E-state index is -0.682. The van der Waals surface area contributed by atoms with Gasteiger partial charge in [-0.2, -0.15) is 0 Å². The molecule has 200 valence electrons. The van der Waals surface area contributed by atoms with E-state index in [9.17, 15) is 9.90 Å². The molecule has 7 nitrogen and oxygen atoms in total. The van der Waals surface area contributed by atoms with Crippen LogP contribution in [0.1, 0.15) is 5.56 Å². The fraction of sp³-hybridized carbons (Fsp3) is 0.300. The Morgan fingerprint density at radius 3 is 2.34 bits per heavy atom. The van der Waals surface area contributed by atoms with E-state index < -0.39 is 6.10 Å². The molecule has 1 atom stereocenters. The van der Waals surface area contributed by atoms with Gasteiger partial charge in [-0.3, -0.25) is 9.69 Å². The number of aliphatic hydroxyl groups excluding tert-OH is 1. The van der Waals surface area contributed by atoms with Crippen molar-refractivity contribution in [1.82, 2.24) is 4.90 Å². The van der Waals surface area contributed by atoms with E-state index in [4.69, 9.17) is 13.9 Å². The van der Waals surface area contributed by atoms with Gasteiger partial charge in [0.15, 0.2) is 16.8 Å². The molecule has 1 unspecified atom stereocenters. The number of methoxy groups -OCH3 is 1. The van der Waals surface area contributed by atoms with Crippen molar-refractivity contribution in [3.8, 4) is 22.8 Å². The maximum absolute atomic E-state index is 13.1. The summed E-state index contributed by atoms with van der Waals surface area (Å²) >= 11 is 0. The lowest BCUT2D eigenvalue weighted by atomic mass is 10.1. The number of aliphatic hydroxyl groups is 1. The normalized spacial score (nSPS) is 14.7. The summed E-state index contributed by atoms with van der Waals surface area (Å²) in [6.07, 6.45) is -0.682. The van der Waals surface area contributed by atoms with Gasteiger partial charge in [-0.1, -0.05) is 48.5 Å². The van der Waals surface area contributed by atoms with Gasteiger partial charge in [-0.25, -0.2) is 0 Å². The van der Waals surface area contributed by atoms with Crippen molar-refractivity contribution in [3.05, 3.63) is 88.6 Å². The summed E-state index contributed by atoms with van der Waals surface area (Å²) in [6.45, 7) is 5.75. The lowest BCUT2D eigenvalue weighted by Crippen LogP contribution is -2.49. The van der Waals surface area contributed by atoms with Crippen LogP contribution >= 0.6 is 12.4 Å². The molecule has 0 radical (unpaired) electrons. The molecule has 0 amide bonds. The van der Waals surface area contributed by atoms with Crippen LogP contribution in [0.15, 0.2) is 82.0 Å². The van der Waals surface area contributed by atoms with Gasteiger partial charge in [0.1, 0.15) is 24.2 Å². The predicted molar refractivity (Wildman–Crippen MR) is 153 cm³/mol. The zero-order valence-corrected chi connectivity index (χ0v) is 22.4. The third kappa shape index (κ3) is 5.80. The second-order valence-electron chi connectivity index (χ2n) is 9.31. The monoisotopic (exact) mass is 536 g/mol. The number of piperazine rings is 1. The third-order valence-electron chi connectivity index (χ3n) is 6.84. The summed E-state index contributed by atoms with van der Waals surface area (Å²) < 4.78 is 17.7. The molecule has 1 aliphatic rings. The third-order valence-corrected chi connectivity index (χ3v) is 6.84. The first-order valence-electron chi connectivity index (χ1n) is 12.6. The fourth-order valence-corrected chi connectivity index (χ4v) is 4.86. The van der Waals surface area contributed by atoms with Crippen LogP contribution in [0.3, 0.4) is 0 Å². The molecule has 1 saturated heterocycles. The van der Waals surface area contributed by atoms with Crippen molar-refractivity contribution >= 4 is 29.1 Å². The smallest absolute Gasteiger partial charge is 0.196 e.